The van der Waals surface area contributed by atoms with E-state index in [0.717, 1.165) is 17.7 Å². The van der Waals surface area contributed by atoms with Crippen molar-refractivity contribution in [2.75, 3.05) is 0 Å². The van der Waals surface area contributed by atoms with E-state index < -0.39 is 17.3 Å². The van der Waals surface area contributed by atoms with Crippen LogP contribution in [0.5, 0.6) is 0 Å². The number of Topliss-reactive ketones (excluding diaryl/α,β-unsaturated/α-hetero) is 1. The molecule has 1 N–H and O–H groups in total. The number of aromatic nitrogens is 2. The smallest absolute Gasteiger partial charge is 0.390 e. The third-order valence-corrected chi connectivity index (χ3v) is 4.60. The van der Waals surface area contributed by atoms with Crippen LogP contribution < -0.4 is 0 Å². The molecule has 0 fully saturated rings. The van der Waals surface area contributed by atoms with Gasteiger partial charge >= 0.3 is 6.18 Å². The summed E-state index contributed by atoms with van der Waals surface area (Å²) in [6, 6.07) is 11.3. The summed E-state index contributed by atoms with van der Waals surface area (Å²) in [5, 5.41) is 14.2. The van der Waals surface area contributed by atoms with Crippen molar-refractivity contribution >= 4 is 11.3 Å². The number of fused-ring (bicyclic) bond motifs is 1. The Morgan fingerprint density at radius 2 is 1.83 bits per heavy atom. The molecule has 4 nitrogen and oxygen atoms in total. The molecule has 3 rings (SSSR count). The van der Waals surface area contributed by atoms with Crippen molar-refractivity contribution in [1.82, 2.24) is 9.61 Å². The Morgan fingerprint density at radius 1 is 1.14 bits per heavy atom. The molecule has 0 radical (unpaired) electrons. The summed E-state index contributed by atoms with van der Waals surface area (Å²) < 4.78 is 41.0. The Bertz CT molecular complexity index is 1000. The lowest BCUT2D eigenvalue weighted by atomic mass is 9.97. The summed E-state index contributed by atoms with van der Waals surface area (Å²) in [4.78, 5) is 12.0. The molecule has 0 aliphatic heterocycles. The van der Waals surface area contributed by atoms with E-state index in [-0.39, 0.29) is 18.6 Å². The molecule has 29 heavy (non-hydrogen) atoms. The van der Waals surface area contributed by atoms with E-state index in [4.69, 9.17) is 0 Å². The van der Waals surface area contributed by atoms with E-state index >= 15 is 0 Å². The van der Waals surface area contributed by atoms with Crippen molar-refractivity contribution in [3.63, 3.8) is 0 Å². The zero-order valence-corrected chi connectivity index (χ0v) is 16.3. The van der Waals surface area contributed by atoms with Crippen LogP contribution in [0.2, 0.25) is 0 Å². The first kappa shape index (κ1) is 21.0. The third-order valence-electron chi connectivity index (χ3n) is 4.60. The quantitative estimate of drug-likeness (QED) is 0.598. The van der Waals surface area contributed by atoms with Crippen LogP contribution in [0.1, 0.15) is 44.4 Å². The highest BCUT2D eigenvalue weighted by Gasteiger charge is 2.31. The highest BCUT2D eigenvalue weighted by molar-refractivity contribution is 5.83. The zero-order valence-electron chi connectivity index (χ0n) is 16.3. The van der Waals surface area contributed by atoms with Crippen molar-refractivity contribution in [3.8, 4) is 11.1 Å². The second-order valence-corrected chi connectivity index (χ2v) is 7.81. The second kappa shape index (κ2) is 7.99. The molecule has 0 aliphatic rings. The minimum Gasteiger partial charge on any atom is -0.390 e. The number of aryl methyl sites for hydroxylation is 1. The maximum atomic E-state index is 13.2. The topological polar surface area (TPSA) is 54.6 Å². The van der Waals surface area contributed by atoms with E-state index in [1.54, 1.807) is 13.8 Å². The SMILES string of the molecule is CC(C)(O)CC(=O)CCCc1nn2ccc(C(F)(F)F)cc2c1-c1ccccc1. The molecule has 0 saturated heterocycles. The summed E-state index contributed by atoms with van der Waals surface area (Å²) in [5.41, 5.74) is 0.666. The van der Waals surface area contributed by atoms with Gasteiger partial charge in [-0.05, 0) is 44.4 Å². The van der Waals surface area contributed by atoms with Gasteiger partial charge in [0.05, 0.1) is 22.4 Å². The number of alkyl halides is 3. The average molecular weight is 404 g/mol. The van der Waals surface area contributed by atoms with E-state index in [9.17, 15) is 23.1 Å². The van der Waals surface area contributed by atoms with Crippen LogP contribution in [0.3, 0.4) is 0 Å². The van der Waals surface area contributed by atoms with Crippen LogP contribution >= 0.6 is 0 Å². The molecule has 154 valence electrons. The van der Waals surface area contributed by atoms with Gasteiger partial charge in [0.25, 0.3) is 0 Å². The van der Waals surface area contributed by atoms with Crippen LogP contribution in [0.4, 0.5) is 13.2 Å². The fourth-order valence-electron chi connectivity index (χ4n) is 3.39. The minimum atomic E-state index is -4.44. The molecule has 7 heteroatoms. The molecular weight excluding hydrogens is 381 g/mol. The van der Waals surface area contributed by atoms with Gasteiger partial charge < -0.3 is 5.11 Å². The molecular formula is C22H23F3N2O2. The Hall–Kier alpha value is -2.67. The molecule has 0 spiro atoms. The predicted octanol–water partition coefficient (Wildman–Crippen LogP) is 5.07. The van der Waals surface area contributed by atoms with Gasteiger partial charge in [-0.15, -0.1) is 0 Å². The van der Waals surface area contributed by atoms with Crippen molar-refractivity contribution in [1.29, 1.82) is 0 Å². The first-order valence-electron chi connectivity index (χ1n) is 9.42. The van der Waals surface area contributed by atoms with E-state index in [2.05, 4.69) is 5.10 Å². The van der Waals surface area contributed by atoms with Gasteiger partial charge in [-0.2, -0.15) is 18.3 Å². The summed E-state index contributed by atoms with van der Waals surface area (Å²) in [6.07, 6.45) is -1.83. The van der Waals surface area contributed by atoms with Gasteiger partial charge in [0.2, 0.25) is 0 Å². The van der Waals surface area contributed by atoms with Gasteiger partial charge in [0, 0.05) is 24.6 Å². The maximum Gasteiger partial charge on any atom is 0.416 e. The van der Waals surface area contributed by atoms with Crippen LogP contribution in [-0.2, 0) is 17.4 Å². The number of hydrogen-bond acceptors (Lipinski definition) is 3. The number of ketones is 1. The fourth-order valence-corrected chi connectivity index (χ4v) is 3.39. The van der Waals surface area contributed by atoms with Crippen LogP contribution in [0, 0.1) is 0 Å². The van der Waals surface area contributed by atoms with E-state index in [0.29, 0.717) is 29.6 Å². The molecule has 1 aromatic carbocycles. The number of benzene rings is 1. The first-order valence-corrected chi connectivity index (χ1v) is 9.42. The van der Waals surface area contributed by atoms with Crippen molar-refractivity contribution in [3.05, 3.63) is 59.9 Å². The number of pyridine rings is 1. The lowest BCUT2D eigenvalue weighted by Gasteiger charge is -2.15. The number of hydrogen-bond donors (Lipinski definition) is 1. The Labute approximate surface area is 167 Å². The number of carbonyl (C=O) groups is 1. The van der Waals surface area contributed by atoms with Crippen LogP contribution in [0.25, 0.3) is 16.6 Å². The van der Waals surface area contributed by atoms with Gasteiger partial charge in [-0.3, -0.25) is 4.79 Å². The highest BCUT2D eigenvalue weighted by Crippen LogP contribution is 2.34. The number of rotatable bonds is 7. The Morgan fingerprint density at radius 3 is 2.45 bits per heavy atom. The molecule has 0 bridgehead atoms. The van der Waals surface area contributed by atoms with Crippen LogP contribution in [-0.4, -0.2) is 26.1 Å². The summed E-state index contributed by atoms with van der Waals surface area (Å²) in [5.74, 6) is -0.0538. The molecule has 0 atom stereocenters. The predicted molar refractivity (Wildman–Crippen MR) is 104 cm³/mol. The lowest BCUT2D eigenvalue weighted by Crippen LogP contribution is -2.23. The summed E-state index contributed by atoms with van der Waals surface area (Å²) >= 11 is 0. The third kappa shape index (κ3) is 5.23. The van der Waals surface area contributed by atoms with Gasteiger partial charge in [-0.1, -0.05) is 30.3 Å². The standard InChI is InChI=1S/C22H23F3N2O2/c1-21(2,29)14-17(28)9-6-10-18-20(15-7-4-3-5-8-15)19-13-16(22(23,24)25)11-12-27(19)26-18/h3-5,7-8,11-13,29H,6,9-10,14H2,1-2H3. The fraction of sp³-hybridized carbons (Fsp3) is 0.364. The van der Waals surface area contributed by atoms with Crippen molar-refractivity contribution in [2.24, 2.45) is 0 Å². The second-order valence-electron chi connectivity index (χ2n) is 7.81. The Balaban J connectivity index is 1.93. The number of carbonyl (C=O) groups excluding carboxylic acids is 1. The molecule has 2 aromatic heterocycles. The van der Waals surface area contributed by atoms with E-state index in [1.165, 1.54) is 10.7 Å². The van der Waals surface area contributed by atoms with Crippen molar-refractivity contribution in [2.45, 2.75) is 51.3 Å². The van der Waals surface area contributed by atoms with Crippen molar-refractivity contribution < 1.29 is 23.1 Å². The minimum absolute atomic E-state index is 0.0538. The Kier molecular flexibility index (Phi) is 5.80. The molecule has 0 unspecified atom stereocenters. The van der Waals surface area contributed by atoms with Gasteiger partial charge in [0.1, 0.15) is 5.78 Å². The van der Waals surface area contributed by atoms with E-state index in [1.807, 2.05) is 30.3 Å². The molecule has 3 aromatic rings. The molecule has 0 amide bonds. The van der Waals surface area contributed by atoms with Gasteiger partial charge in [0.15, 0.2) is 0 Å². The number of nitrogens with zero attached hydrogens (tertiary/aromatic N) is 2. The summed E-state index contributed by atoms with van der Waals surface area (Å²) in [7, 11) is 0. The van der Waals surface area contributed by atoms with Gasteiger partial charge in [-0.25, -0.2) is 4.52 Å². The monoisotopic (exact) mass is 404 g/mol. The molecule has 0 saturated carbocycles. The highest BCUT2D eigenvalue weighted by atomic mass is 19.4. The molecule has 2 heterocycles. The van der Waals surface area contributed by atoms with Crippen LogP contribution in [0.15, 0.2) is 48.7 Å². The number of halogens is 3. The zero-order chi connectivity index (χ0) is 21.2. The first-order chi connectivity index (χ1) is 13.5. The normalized spacial score (nSPS) is 12.5. The summed E-state index contributed by atoms with van der Waals surface area (Å²) in [6.45, 7) is 3.16. The average Bonchev–Trinajstić information content (AvgIpc) is 2.97. The molecule has 0 aliphatic carbocycles. The lowest BCUT2D eigenvalue weighted by molar-refractivity contribution is -0.137. The maximum absolute atomic E-state index is 13.2. The number of aliphatic hydroxyl groups is 1. The largest absolute Gasteiger partial charge is 0.416 e.